The van der Waals surface area contributed by atoms with E-state index >= 15 is 0 Å². The van der Waals surface area contributed by atoms with Gasteiger partial charge in [0.2, 0.25) is 5.91 Å². The van der Waals surface area contributed by atoms with Crippen LogP contribution in [0.3, 0.4) is 0 Å². The number of phenolic OH excluding ortho intramolecular Hbond substituents is 1. The van der Waals surface area contributed by atoms with Crippen molar-refractivity contribution in [1.82, 2.24) is 4.90 Å². The maximum Gasteiger partial charge on any atom is 0.265 e. The van der Waals surface area contributed by atoms with Crippen LogP contribution in [-0.4, -0.2) is 61.3 Å². The van der Waals surface area contributed by atoms with Crippen LogP contribution in [0.25, 0.3) is 0 Å². The van der Waals surface area contributed by atoms with E-state index in [1.54, 1.807) is 11.0 Å². The first-order valence-corrected chi connectivity index (χ1v) is 6.77. The zero-order valence-corrected chi connectivity index (χ0v) is 11.4. The van der Waals surface area contributed by atoms with E-state index in [-0.39, 0.29) is 30.7 Å². The van der Waals surface area contributed by atoms with Crippen LogP contribution in [0.15, 0.2) is 18.2 Å². The first-order valence-electron chi connectivity index (χ1n) is 6.77. The van der Waals surface area contributed by atoms with Crippen LogP contribution < -0.4 is 9.64 Å². The number of anilines is 1. The number of amides is 2. The largest absolute Gasteiger partial charge is 0.508 e. The minimum Gasteiger partial charge on any atom is -0.508 e. The SMILES string of the molecule is O=C(CN1C(=O)COc2cc(O)ccc21)N1CCOCC1. The first kappa shape index (κ1) is 13.7. The number of rotatable bonds is 2. The molecule has 0 saturated carbocycles. The monoisotopic (exact) mass is 292 g/mol. The molecule has 2 aliphatic heterocycles. The molecule has 0 spiro atoms. The van der Waals surface area contributed by atoms with E-state index in [1.807, 2.05) is 0 Å². The zero-order valence-electron chi connectivity index (χ0n) is 11.4. The van der Waals surface area contributed by atoms with Crippen molar-refractivity contribution in [2.75, 3.05) is 44.4 Å². The summed E-state index contributed by atoms with van der Waals surface area (Å²) in [5, 5.41) is 9.45. The minimum absolute atomic E-state index is 0.0278. The molecule has 0 aromatic heterocycles. The van der Waals surface area contributed by atoms with Crippen molar-refractivity contribution in [3.05, 3.63) is 18.2 Å². The molecule has 1 aromatic rings. The third-order valence-corrected chi connectivity index (χ3v) is 3.54. The van der Waals surface area contributed by atoms with Crippen molar-refractivity contribution in [2.45, 2.75) is 0 Å². The fraction of sp³-hybridized carbons (Fsp3) is 0.429. The number of nitrogens with zero attached hydrogens (tertiary/aromatic N) is 2. The van der Waals surface area contributed by atoms with E-state index in [4.69, 9.17) is 9.47 Å². The number of benzene rings is 1. The van der Waals surface area contributed by atoms with Crippen molar-refractivity contribution in [3.63, 3.8) is 0 Å². The van der Waals surface area contributed by atoms with E-state index in [2.05, 4.69) is 0 Å². The van der Waals surface area contributed by atoms with Gasteiger partial charge in [-0.05, 0) is 12.1 Å². The van der Waals surface area contributed by atoms with E-state index in [0.29, 0.717) is 37.7 Å². The molecule has 3 rings (SSSR count). The zero-order chi connectivity index (χ0) is 14.8. The van der Waals surface area contributed by atoms with Gasteiger partial charge in [0.15, 0.2) is 6.61 Å². The highest BCUT2D eigenvalue weighted by Gasteiger charge is 2.29. The van der Waals surface area contributed by atoms with Gasteiger partial charge in [-0.3, -0.25) is 14.5 Å². The molecule has 7 nitrogen and oxygen atoms in total. The highest BCUT2D eigenvalue weighted by molar-refractivity contribution is 6.02. The maximum absolute atomic E-state index is 12.3. The lowest BCUT2D eigenvalue weighted by Gasteiger charge is -2.32. The van der Waals surface area contributed by atoms with Gasteiger partial charge in [0, 0.05) is 19.2 Å². The predicted octanol–water partition coefficient (Wildman–Crippen LogP) is -0.0236. The molecule has 0 radical (unpaired) electrons. The van der Waals surface area contributed by atoms with Gasteiger partial charge in [0.25, 0.3) is 5.91 Å². The third-order valence-electron chi connectivity index (χ3n) is 3.54. The van der Waals surface area contributed by atoms with Gasteiger partial charge in [-0.25, -0.2) is 0 Å². The quantitative estimate of drug-likeness (QED) is 0.828. The molecule has 7 heteroatoms. The topological polar surface area (TPSA) is 79.3 Å². The molecule has 1 aromatic carbocycles. The Balaban J connectivity index is 1.78. The van der Waals surface area contributed by atoms with Crippen LogP contribution in [-0.2, 0) is 14.3 Å². The molecule has 2 amide bonds. The summed E-state index contributed by atoms with van der Waals surface area (Å²) in [7, 11) is 0. The lowest BCUT2D eigenvalue weighted by Crippen LogP contribution is -2.49. The summed E-state index contributed by atoms with van der Waals surface area (Å²) in [6.07, 6.45) is 0. The second-order valence-electron chi connectivity index (χ2n) is 4.91. The molecule has 1 N–H and O–H groups in total. The van der Waals surface area contributed by atoms with Crippen LogP contribution in [0.2, 0.25) is 0 Å². The van der Waals surface area contributed by atoms with E-state index in [1.165, 1.54) is 17.0 Å². The van der Waals surface area contributed by atoms with Crippen molar-refractivity contribution >= 4 is 17.5 Å². The number of carbonyl (C=O) groups excluding carboxylic acids is 2. The van der Waals surface area contributed by atoms with Gasteiger partial charge in [0.05, 0.1) is 18.9 Å². The Morgan fingerprint density at radius 2 is 2.05 bits per heavy atom. The van der Waals surface area contributed by atoms with Crippen LogP contribution in [0.4, 0.5) is 5.69 Å². The Bertz CT molecular complexity index is 568. The van der Waals surface area contributed by atoms with Crippen LogP contribution in [0.5, 0.6) is 11.5 Å². The maximum atomic E-state index is 12.3. The molecule has 112 valence electrons. The number of aromatic hydroxyl groups is 1. The average Bonchev–Trinajstić information content (AvgIpc) is 2.51. The molecule has 1 fully saturated rings. The van der Waals surface area contributed by atoms with Crippen LogP contribution in [0.1, 0.15) is 0 Å². The molecule has 0 aliphatic carbocycles. The lowest BCUT2D eigenvalue weighted by atomic mass is 10.2. The highest BCUT2D eigenvalue weighted by Crippen LogP contribution is 2.34. The Hall–Kier alpha value is -2.28. The summed E-state index contributed by atoms with van der Waals surface area (Å²) in [6.45, 7) is 1.97. The summed E-state index contributed by atoms with van der Waals surface area (Å²) in [5.41, 5.74) is 0.505. The smallest absolute Gasteiger partial charge is 0.265 e. The summed E-state index contributed by atoms with van der Waals surface area (Å²) in [4.78, 5) is 27.4. The predicted molar refractivity (Wildman–Crippen MR) is 73.4 cm³/mol. The van der Waals surface area contributed by atoms with Gasteiger partial charge in [-0.2, -0.15) is 0 Å². The van der Waals surface area contributed by atoms with E-state index in [9.17, 15) is 14.7 Å². The number of hydrogen-bond donors (Lipinski definition) is 1. The summed E-state index contributed by atoms with van der Waals surface area (Å²) in [6, 6.07) is 4.48. The third kappa shape index (κ3) is 2.78. The Morgan fingerprint density at radius 3 is 2.81 bits per heavy atom. The number of hydrogen-bond acceptors (Lipinski definition) is 5. The van der Waals surface area contributed by atoms with Gasteiger partial charge in [-0.15, -0.1) is 0 Å². The van der Waals surface area contributed by atoms with Crippen LogP contribution >= 0.6 is 0 Å². The van der Waals surface area contributed by atoms with Gasteiger partial charge < -0.3 is 19.5 Å². The van der Waals surface area contributed by atoms with Crippen molar-refractivity contribution in [3.8, 4) is 11.5 Å². The molecule has 0 atom stereocenters. The molecular weight excluding hydrogens is 276 g/mol. The van der Waals surface area contributed by atoms with E-state index in [0.717, 1.165) is 0 Å². The molecule has 2 aliphatic rings. The Morgan fingerprint density at radius 1 is 1.29 bits per heavy atom. The summed E-state index contributed by atoms with van der Waals surface area (Å²) >= 11 is 0. The minimum atomic E-state index is -0.269. The molecule has 0 bridgehead atoms. The number of morpholine rings is 1. The summed E-state index contributed by atoms with van der Waals surface area (Å²) < 4.78 is 10.5. The molecule has 0 unspecified atom stereocenters. The number of ether oxygens (including phenoxy) is 2. The van der Waals surface area contributed by atoms with Crippen molar-refractivity contribution < 1.29 is 24.2 Å². The Kier molecular flexibility index (Phi) is 3.66. The Labute approximate surface area is 121 Å². The van der Waals surface area contributed by atoms with Crippen molar-refractivity contribution in [2.24, 2.45) is 0 Å². The first-order chi connectivity index (χ1) is 10.1. The summed E-state index contributed by atoms with van der Waals surface area (Å²) in [5.74, 6) is 0.0781. The molecule has 1 saturated heterocycles. The lowest BCUT2D eigenvalue weighted by molar-refractivity contribution is -0.135. The standard InChI is InChI=1S/C14H16N2O5/c17-10-1-2-11-12(7-10)21-9-14(19)16(11)8-13(18)15-3-5-20-6-4-15/h1-2,7,17H,3-6,8-9H2. The second kappa shape index (κ2) is 5.61. The van der Waals surface area contributed by atoms with Gasteiger partial charge >= 0.3 is 0 Å². The van der Waals surface area contributed by atoms with Gasteiger partial charge in [0.1, 0.15) is 18.0 Å². The number of fused-ring (bicyclic) bond motifs is 1. The average molecular weight is 292 g/mol. The molecule has 21 heavy (non-hydrogen) atoms. The number of carbonyl (C=O) groups is 2. The fourth-order valence-electron chi connectivity index (χ4n) is 2.41. The van der Waals surface area contributed by atoms with Crippen molar-refractivity contribution in [1.29, 1.82) is 0 Å². The molecule has 2 heterocycles. The fourth-order valence-corrected chi connectivity index (χ4v) is 2.41. The van der Waals surface area contributed by atoms with E-state index < -0.39 is 0 Å². The van der Waals surface area contributed by atoms with Gasteiger partial charge in [-0.1, -0.05) is 0 Å². The second-order valence-corrected chi connectivity index (χ2v) is 4.91. The normalized spacial score (nSPS) is 18.2. The molecular formula is C14H16N2O5. The highest BCUT2D eigenvalue weighted by atomic mass is 16.5. The number of phenols is 1. The van der Waals surface area contributed by atoms with Crippen LogP contribution in [0, 0.1) is 0 Å².